The fraction of sp³-hybridized carbons (Fsp3) is 0.522. The Kier molecular flexibility index (Phi) is 8.51. The fourth-order valence-electron chi connectivity index (χ4n) is 3.60. The maximum absolute atomic E-state index is 12.3. The summed E-state index contributed by atoms with van der Waals surface area (Å²) in [7, 11) is 0. The Balaban J connectivity index is 1.67. The number of rotatable bonds is 10. The normalized spacial score (nSPS) is 20.0. The first kappa shape index (κ1) is 19.5. The smallest absolute Gasteiger partial charge is 0.338 e. The number of benzene rings is 1. The molecule has 1 saturated carbocycles. The van der Waals surface area contributed by atoms with Crippen LogP contribution in [0.1, 0.15) is 73.7 Å². The highest BCUT2D eigenvalue weighted by atomic mass is 16.5. The highest BCUT2D eigenvalue weighted by Gasteiger charge is 2.24. The van der Waals surface area contributed by atoms with E-state index in [1.54, 1.807) is 0 Å². The summed E-state index contributed by atoms with van der Waals surface area (Å²) in [6, 6.07) is 7.66. The van der Waals surface area contributed by atoms with Crippen LogP contribution in [0, 0.1) is 5.92 Å². The summed E-state index contributed by atoms with van der Waals surface area (Å²) >= 11 is 0. The maximum Gasteiger partial charge on any atom is 0.338 e. The van der Waals surface area contributed by atoms with Crippen LogP contribution in [0.15, 0.2) is 49.6 Å². The number of ether oxygens (including phenoxy) is 1. The highest BCUT2D eigenvalue weighted by molar-refractivity contribution is 5.89. The minimum Gasteiger partial charge on any atom is -0.459 e. The van der Waals surface area contributed by atoms with Gasteiger partial charge in [0, 0.05) is 0 Å². The molecule has 0 unspecified atom stereocenters. The summed E-state index contributed by atoms with van der Waals surface area (Å²) in [5.41, 5.74) is 1.82. The van der Waals surface area contributed by atoms with Gasteiger partial charge in [-0.3, -0.25) is 0 Å². The molecule has 0 amide bonds. The van der Waals surface area contributed by atoms with E-state index in [0.717, 1.165) is 31.6 Å². The number of esters is 1. The molecule has 1 aromatic carbocycles. The van der Waals surface area contributed by atoms with Crippen LogP contribution in [0.2, 0.25) is 0 Å². The van der Waals surface area contributed by atoms with E-state index in [1.807, 2.05) is 36.4 Å². The van der Waals surface area contributed by atoms with Crippen LogP contribution in [-0.4, -0.2) is 12.1 Å². The molecule has 136 valence electrons. The highest BCUT2D eigenvalue weighted by Crippen LogP contribution is 2.30. The topological polar surface area (TPSA) is 26.3 Å². The van der Waals surface area contributed by atoms with Gasteiger partial charge in [0.05, 0.1) is 5.56 Å². The molecule has 0 aromatic heterocycles. The Labute approximate surface area is 153 Å². The summed E-state index contributed by atoms with van der Waals surface area (Å²) in [6.45, 7) is 7.50. The molecular weight excluding hydrogens is 308 g/mol. The first-order chi connectivity index (χ1) is 12.2. The third-order valence-electron chi connectivity index (χ3n) is 5.16. The van der Waals surface area contributed by atoms with Crippen molar-refractivity contribution in [2.45, 2.75) is 70.3 Å². The Morgan fingerprint density at radius 1 is 1.00 bits per heavy atom. The molecule has 0 bridgehead atoms. The lowest BCUT2D eigenvalue weighted by molar-refractivity contribution is 0.0161. The quantitative estimate of drug-likeness (QED) is 0.285. The van der Waals surface area contributed by atoms with Crippen LogP contribution in [0.25, 0.3) is 0 Å². The van der Waals surface area contributed by atoms with Crippen molar-refractivity contribution < 1.29 is 9.53 Å². The number of hydrogen-bond donors (Lipinski definition) is 0. The molecular formula is C23H32O2. The molecule has 0 heterocycles. The zero-order valence-electron chi connectivity index (χ0n) is 15.4. The summed E-state index contributed by atoms with van der Waals surface area (Å²) in [4.78, 5) is 12.3. The molecule has 0 atom stereocenters. The van der Waals surface area contributed by atoms with Crippen molar-refractivity contribution in [1.82, 2.24) is 0 Å². The predicted molar refractivity (Wildman–Crippen MR) is 105 cm³/mol. The van der Waals surface area contributed by atoms with Gasteiger partial charge in [0.15, 0.2) is 0 Å². The second kappa shape index (κ2) is 10.9. The molecule has 2 rings (SSSR count). The van der Waals surface area contributed by atoms with Gasteiger partial charge in [-0.1, -0.05) is 43.5 Å². The standard InChI is InChI=1S/C23H32O2/c1-3-5-6-7-8-10-20-13-17-22(18-14-20)25-23(24)21-15-11-19(9-4-2)12-16-21/h3-4,11-12,15-16,20,22H,1-2,5-10,13-14,17-18H2. The van der Waals surface area contributed by atoms with E-state index >= 15 is 0 Å². The molecule has 1 aliphatic carbocycles. The minimum absolute atomic E-state index is 0.0948. The molecule has 2 heteroatoms. The van der Waals surface area contributed by atoms with E-state index in [1.165, 1.54) is 44.1 Å². The summed E-state index contributed by atoms with van der Waals surface area (Å²) in [5.74, 6) is 0.634. The van der Waals surface area contributed by atoms with Crippen LogP contribution in [0.3, 0.4) is 0 Å². The Morgan fingerprint density at radius 2 is 1.72 bits per heavy atom. The number of unbranched alkanes of at least 4 members (excludes halogenated alkanes) is 3. The second-order valence-corrected chi connectivity index (χ2v) is 7.16. The molecule has 0 spiro atoms. The Bertz CT molecular complexity index is 536. The van der Waals surface area contributed by atoms with Crippen molar-refractivity contribution in [3.63, 3.8) is 0 Å². The van der Waals surface area contributed by atoms with Crippen LogP contribution in [0.4, 0.5) is 0 Å². The predicted octanol–water partition coefficient (Wildman–Crippen LogP) is 6.27. The van der Waals surface area contributed by atoms with Crippen molar-refractivity contribution >= 4 is 5.97 Å². The van der Waals surface area contributed by atoms with E-state index in [4.69, 9.17) is 4.74 Å². The van der Waals surface area contributed by atoms with Crippen molar-refractivity contribution in [2.75, 3.05) is 0 Å². The van der Waals surface area contributed by atoms with Gasteiger partial charge in [-0.2, -0.15) is 0 Å². The van der Waals surface area contributed by atoms with E-state index in [2.05, 4.69) is 13.2 Å². The van der Waals surface area contributed by atoms with Crippen molar-refractivity contribution in [3.05, 3.63) is 60.7 Å². The molecule has 0 aliphatic heterocycles. The van der Waals surface area contributed by atoms with Crippen LogP contribution >= 0.6 is 0 Å². The van der Waals surface area contributed by atoms with Gasteiger partial charge < -0.3 is 4.74 Å². The van der Waals surface area contributed by atoms with E-state index in [-0.39, 0.29) is 12.1 Å². The van der Waals surface area contributed by atoms with Crippen LogP contribution in [0.5, 0.6) is 0 Å². The Morgan fingerprint density at radius 3 is 2.36 bits per heavy atom. The average molecular weight is 341 g/mol. The molecule has 0 saturated heterocycles. The largest absolute Gasteiger partial charge is 0.459 e. The first-order valence-electron chi connectivity index (χ1n) is 9.74. The molecule has 1 aromatic rings. The monoisotopic (exact) mass is 340 g/mol. The second-order valence-electron chi connectivity index (χ2n) is 7.16. The minimum atomic E-state index is -0.182. The van der Waals surface area contributed by atoms with Gasteiger partial charge in [0.2, 0.25) is 0 Å². The van der Waals surface area contributed by atoms with Gasteiger partial charge in [-0.15, -0.1) is 13.2 Å². The van der Waals surface area contributed by atoms with Gasteiger partial charge in [0.1, 0.15) is 6.10 Å². The zero-order chi connectivity index (χ0) is 17.9. The summed E-state index contributed by atoms with van der Waals surface area (Å²) in [6.07, 6.45) is 15.6. The van der Waals surface area contributed by atoms with E-state index in [0.29, 0.717) is 5.56 Å². The fourth-order valence-corrected chi connectivity index (χ4v) is 3.60. The summed E-state index contributed by atoms with van der Waals surface area (Å²) < 4.78 is 5.71. The van der Waals surface area contributed by atoms with Crippen LogP contribution < -0.4 is 0 Å². The number of allylic oxidation sites excluding steroid dienone is 2. The molecule has 1 aliphatic rings. The van der Waals surface area contributed by atoms with Gasteiger partial charge in [0.25, 0.3) is 0 Å². The van der Waals surface area contributed by atoms with Gasteiger partial charge in [-0.25, -0.2) is 4.79 Å². The molecule has 0 radical (unpaired) electrons. The lowest BCUT2D eigenvalue weighted by atomic mass is 9.84. The van der Waals surface area contributed by atoms with Gasteiger partial charge >= 0.3 is 5.97 Å². The van der Waals surface area contributed by atoms with Gasteiger partial charge in [-0.05, 0) is 68.6 Å². The molecule has 25 heavy (non-hydrogen) atoms. The van der Waals surface area contributed by atoms with E-state index in [9.17, 15) is 4.79 Å². The van der Waals surface area contributed by atoms with Crippen LogP contribution in [-0.2, 0) is 11.2 Å². The van der Waals surface area contributed by atoms with Crippen molar-refractivity contribution in [3.8, 4) is 0 Å². The zero-order valence-corrected chi connectivity index (χ0v) is 15.4. The number of carbonyl (C=O) groups is 1. The number of carbonyl (C=O) groups excluding carboxylic acids is 1. The lowest BCUT2D eigenvalue weighted by Crippen LogP contribution is -2.24. The van der Waals surface area contributed by atoms with Crippen molar-refractivity contribution in [1.29, 1.82) is 0 Å². The van der Waals surface area contributed by atoms with Crippen molar-refractivity contribution in [2.24, 2.45) is 5.92 Å². The SMILES string of the molecule is C=CCCCCCC1CCC(OC(=O)c2ccc(CC=C)cc2)CC1. The molecule has 1 fully saturated rings. The third kappa shape index (κ3) is 6.89. The summed E-state index contributed by atoms with van der Waals surface area (Å²) in [5, 5.41) is 0. The number of hydrogen-bond acceptors (Lipinski definition) is 2. The molecule has 0 N–H and O–H groups in total. The third-order valence-corrected chi connectivity index (χ3v) is 5.16. The molecule has 2 nitrogen and oxygen atoms in total. The maximum atomic E-state index is 12.3. The average Bonchev–Trinajstić information content (AvgIpc) is 2.64. The van der Waals surface area contributed by atoms with E-state index < -0.39 is 0 Å². The first-order valence-corrected chi connectivity index (χ1v) is 9.74. The Hall–Kier alpha value is -1.83. The lowest BCUT2D eigenvalue weighted by Gasteiger charge is -2.28.